The van der Waals surface area contributed by atoms with Gasteiger partial charge in [-0.3, -0.25) is 14.4 Å². The van der Waals surface area contributed by atoms with Crippen LogP contribution in [-0.2, 0) is 24.3 Å². The second-order valence-corrected chi connectivity index (χ2v) is 5.56. The highest BCUT2D eigenvalue weighted by Gasteiger charge is 2.29. The summed E-state index contributed by atoms with van der Waals surface area (Å²) < 4.78 is 1.95. The van der Waals surface area contributed by atoms with Gasteiger partial charge in [0.25, 0.3) is 0 Å². The van der Waals surface area contributed by atoms with E-state index in [4.69, 9.17) is 11.6 Å². The van der Waals surface area contributed by atoms with Crippen LogP contribution in [0.5, 0.6) is 0 Å². The molecule has 7 heteroatoms. The van der Waals surface area contributed by atoms with Crippen molar-refractivity contribution in [1.29, 1.82) is 0 Å². The molecule has 1 fully saturated rings. The van der Waals surface area contributed by atoms with Crippen molar-refractivity contribution in [3.8, 4) is 0 Å². The zero-order valence-corrected chi connectivity index (χ0v) is 13.7. The molecule has 1 aliphatic rings. The first-order valence-corrected chi connectivity index (χ1v) is 7.90. The van der Waals surface area contributed by atoms with E-state index in [0.29, 0.717) is 13.1 Å². The molecule has 2 N–H and O–H groups in total. The summed E-state index contributed by atoms with van der Waals surface area (Å²) in [5, 5.41) is 11.3. The average molecular weight is 314 g/mol. The predicted molar refractivity (Wildman–Crippen MR) is 83.4 cm³/mol. The molecule has 21 heavy (non-hydrogen) atoms. The summed E-state index contributed by atoms with van der Waals surface area (Å²) in [5.74, 6) is 0.0385. The lowest BCUT2D eigenvalue weighted by molar-refractivity contribution is -0.126. The largest absolute Gasteiger partial charge is 0.358 e. The predicted octanol–water partition coefficient (Wildman–Crippen LogP) is 0.639. The summed E-state index contributed by atoms with van der Waals surface area (Å²) in [6, 6.07) is -0.162. The smallest absolute Gasteiger partial charge is 0.238 e. The van der Waals surface area contributed by atoms with Crippen LogP contribution in [0.4, 0.5) is 0 Å². The lowest BCUT2D eigenvalue weighted by Crippen LogP contribution is -2.57. The fraction of sp³-hybridized carbons (Fsp3) is 0.714. The average Bonchev–Trinajstić information content (AvgIpc) is 2.83. The Bertz CT molecular complexity index is 502. The highest BCUT2D eigenvalue weighted by atomic mass is 35.5. The zero-order valence-electron chi connectivity index (χ0n) is 12.9. The van der Waals surface area contributed by atoms with Crippen LogP contribution in [0.2, 0.25) is 5.02 Å². The minimum Gasteiger partial charge on any atom is -0.358 e. The molecule has 0 aliphatic carbocycles. The fourth-order valence-electron chi connectivity index (χ4n) is 2.72. The number of hydrogen-bond acceptors (Lipinski definition) is 4. The Morgan fingerprint density at radius 2 is 2.29 bits per heavy atom. The molecular weight excluding hydrogens is 290 g/mol. The minimum absolute atomic E-state index is 0.0385. The van der Waals surface area contributed by atoms with E-state index in [9.17, 15) is 4.79 Å². The van der Waals surface area contributed by atoms with Gasteiger partial charge < -0.3 is 10.6 Å². The maximum Gasteiger partial charge on any atom is 0.238 e. The van der Waals surface area contributed by atoms with Crippen molar-refractivity contribution in [2.24, 2.45) is 0 Å². The number of likely N-dealkylation sites (N-methyl/N-ethyl adjacent to an activating group) is 1. The Hall–Kier alpha value is -1.11. The summed E-state index contributed by atoms with van der Waals surface area (Å²) in [6.45, 7) is 7.91. The van der Waals surface area contributed by atoms with Crippen molar-refractivity contribution in [3.05, 3.63) is 16.4 Å². The monoisotopic (exact) mass is 313 g/mol. The molecule has 118 valence electrons. The molecule has 0 bridgehead atoms. The van der Waals surface area contributed by atoms with Crippen LogP contribution >= 0.6 is 11.6 Å². The molecule has 0 saturated carbocycles. The second-order valence-electron chi connectivity index (χ2n) is 5.18. The van der Waals surface area contributed by atoms with Gasteiger partial charge in [-0.1, -0.05) is 18.5 Å². The van der Waals surface area contributed by atoms with Gasteiger partial charge in [0.05, 0.1) is 16.4 Å². The number of aromatic nitrogens is 2. The SMILES string of the molecule is CCc1nn(CC)c(CN2CCNCC2C(=O)NC)c1Cl. The van der Waals surface area contributed by atoms with E-state index in [0.717, 1.165) is 42.5 Å². The molecule has 1 atom stereocenters. The third-order valence-electron chi connectivity index (χ3n) is 3.95. The van der Waals surface area contributed by atoms with Crippen LogP contribution in [0.15, 0.2) is 0 Å². The Labute approximate surface area is 130 Å². The van der Waals surface area contributed by atoms with E-state index in [1.54, 1.807) is 7.05 Å². The standard InChI is InChI=1S/C14H24ClN5O/c1-4-10-13(15)12(20(5-2)18-10)9-19-7-6-17-8-11(19)14(21)16-3/h11,17H,4-9H2,1-3H3,(H,16,21). The number of nitrogens with zero attached hydrogens (tertiary/aromatic N) is 3. The van der Waals surface area contributed by atoms with Crippen molar-refractivity contribution in [2.45, 2.75) is 39.4 Å². The summed E-state index contributed by atoms with van der Waals surface area (Å²) in [6.07, 6.45) is 0.819. The molecular formula is C14H24ClN5O. The number of carbonyl (C=O) groups is 1. The van der Waals surface area contributed by atoms with E-state index in [1.165, 1.54) is 0 Å². The van der Waals surface area contributed by atoms with E-state index >= 15 is 0 Å². The van der Waals surface area contributed by atoms with Gasteiger partial charge in [-0.2, -0.15) is 5.10 Å². The van der Waals surface area contributed by atoms with Crippen molar-refractivity contribution < 1.29 is 4.79 Å². The number of rotatable bonds is 5. The maximum atomic E-state index is 12.0. The minimum atomic E-state index is -0.162. The van der Waals surface area contributed by atoms with Crippen LogP contribution < -0.4 is 10.6 Å². The number of halogens is 1. The summed E-state index contributed by atoms with van der Waals surface area (Å²) >= 11 is 6.46. The number of aryl methyl sites for hydroxylation is 2. The van der Waals surface area contributed by atoms with Crippen molar-refractivity contribution in [3.63, 3.8) is 0 Å². The molecule has 1 amide bonds. The molecule has 0 spiro atoms. The van der Waals surface area contributed by atoms with Crippen LogP contribution in [0.25, 0.3) is 0 Å². The topological polar surface area (TPSA) is 62.2 Å². The molecule has 0 radical (unpaired) electrons. The van der Waals surface area contributed by atoms with Gasteiger partial charge >= 0.3 is 0 Å². The fourth-order valence-corrected chi connectivity index (χ4v) is 3.05. The van der Waals surface area contributed by atoms with Gasteiger partial charge in [-0.15, -0.1) is 0 Å². The molecule has 6 nitrogen and oxygen atoms in total. The number of amides is 1. The molecule has 1 aliphatic heterocycles. The van der Waals surface area contributed by atoms with Gasteiger partial charge in [0.1, 0.15) is 6.04 Å². The third-order valence-corrected chi connectivity index (χ3v) is 4.39. The van der Waals surface area contributed by atoms with Gasteiger partial charge in [0, 0.05) is 39.8 Å². The number of hydrogen-bond donors (Lipinski definition) is 2. The molecule has 2 heterocycles. The lowest BCUT2D eigenvalue weighted by Gasteiger charge is -2.34. The van der Waals surface area contributed by atoms with Gasteiger partial charge in [0.15, 0.2) is 0 Å². The van der Waals surface area contributed by atoms with Crippen LogP contribution in [-0.4, -0.2) is 53.3 Å². The molecule has 1 saturated heterocycles. The van der Waals surface area contributed by atoms with Crippen LogP contribution in [0.1, 0.15) is 25.2 Å². The number of carbonyl (C=O) groups excluding carboxylic acids is 1. The molecule has 1 aromatic heterocycles. The first kappa shape index (κ1) is 16.3. The Morgan fingerprint density at radius 1 is 1.52 bits per heavy atom. The van der Waals surface area contributed by atoms with E-state index in [-0.39, 0.29) is 11.9 Å². The number of nitrogens with one attached hydrogen (secondary N) is 2. The van der Waals surface area contributed by atoms with Crippen molar-refractivity contribution in [1.82, 2.24) is 25.3 Å². The van der Waals surface area contributed by atoms with Gasteiger partial charge in [-0.05, 0) is 13.3 Å². The Kier molecular flexibility index (Phi) is 5.61. The Morgan fingerprint density at radius 3 is 2.90 bits per heavy atom. The van der Waals surface area contributed by atoms with E-state index < -0.39 is 0 Å². The van der Waals surface area contributed by atoms with Crippen LogP contribution in [0, 0.1) is 0 Å². The maximum absolute atomic E-state index is 12.0. The lowest BCUT2D eigenvalue weighted by atomic mass is 10.1. The normalized spacial score (nSPS) is 19.7. The first-order chi connectivity index (χ1) is 10.1. The second kappa shape index (κ2) is 7.24. The zero-order chi connectivity index (χ0) is 15.4. The van der Waals surface area contributed by atoms with Crippen LogP contribution in [0.3, 0.4) is 0 Å². The molecule has 1 unspecified atom stereocenters. The quantitative estimate of drug-likeness (QED) is 0.837. The summed E-state index contributed by atoms with van der Waals surface area (Å²) in [7, 11) is 1.67. The summed E-state index contributed by atoms with van der Waals surface area (Å²) in [4.78, 5) is 14.2. The van der Waals surface area contributed by atoms with Gasteiger partial charge in [-0.25, -0.2) is 0 Å². The number of piperazine rings is 1. The molecule has 0 aromatic carbocycles. The van der Waals surface area contributed by atoms with E-state index in [1.807, 2.05) is 4.68 Å². The third kappa shape index (κ3) is 3.39. The van der Waals surface area contributed by atoms with Gasteiger partial charge in [0.2, 0.25) is 5.91 Å². The first-order valence-electron chi connectivity index (χ1n) is 7.52. The summed E-state index contributed by atoms with van der Waals surface area (Å²) in [5.41, 5.74) is 1.94. The Balaban J connectivity index is 2.22. The molecule has 1 aromatic rings. The molecule has 2 rings (SSSR count). The highest BCUT2D eigenvalue weighted by Crippen LogP contribution is 2.24. The van der Waals surface area contributed by atoms with E-state index in [2.05, 4.69) is 34.5 Å². The highest BCUT2D eigenvalue weighted by molar-refractivity contribution is 6.31. The van der Waals surface area contributed by atoms with Crippen molar-refractivity contribution in [2.75, 3.05) is 26.7 Å². The van der Waals surface area contributed by atoms with Crippen molar-refractivity contribution >= 4 is 17.5 Å².